The van der Waals surface area contributed by atoms with Gasteiger partial charge in [0.15, 0.2) is 15.9 Å². The number of rotatable bonds is 4. The largest absolute Gasteiger partial charge is 0.490 e. The standard InChI is InChI=1S/C14H19NO5S/c1-11-4-2-3-5-13(11)20-10-12(16)14(17)15-6-8-21(18,19)9-7-15/h2-5,12,16H,6-10H2,1H3/t12-/m0/s1. The Morgan fingerprint density at radius 2 is 1.95 bits per heavy atom. The van der Waals surface area contributed by atoms with Crippen molar-refractivity contribution >= 4 is 15.7 Å². The van der Waals surface area contributed by atoms with Crippen molar-refractivity contribution in [2.45, 2.75) is 13.0 Å². The zero-order valence-electron chi connectivity index (χ0n) is 11.9. The van der Waals surface area contributed by atoms with Crippen LogP contribution in [-0.2, 0) is 14.6 Å². The van der Waals surface area contributed by atoms with Gasteiger partial charge in [-0.05, 0) is 18.6 Å². The van der Waals surface area contributed by atoms with Crippen LogP contribution in [0.4, 0.5) is 0 Å². The summed E-state index contributed by atoms with van der Waals surface area (Å²) in [5.74, 6) is 0.0258. The highest BCUT2D eigenvalue weighted by Gasteiger charge is 2.29. The highest BCUT2D eigenvalue weighted by Crippen LogP contribution is 2.16. The molecular weight excluding hydrogens is 294 g/mol. The van der Waals surface area contributed by atoms with E-state index in [4.69, 9.17) is 4.74 Å². The first kappa shape index (κ1) is 15.8. The zero-order valence-corrected chi connectivity index (χ0v) is 12.7. The number of aliphatic hydroxyl groups excluding tert-OH is 1. The van der Waals surface area contributed by atoms with Crippen LogP contribution in [0, 0.1) is 6.92 Å². The van der Waals surface area contributed by atoms with Crippen molar-refractivity contribution < 1.29 is 23.1 Å². The van der Waals surface area contributed by atoms with E-state index in [0.29, 0.717) is 5.75 Å². The van der Waals surface area contributed by atoms with Crippen molar-refractivity contribution in [2.75, 3.05) is 31.2 Å². The van der Waals surface area contributed by atoms with Gasteiger partial charge in [-0.1, -0.05) is 18.2 Å². The van der Waals surface area contributed by atoms with Crippen LogP contribution in [0.3, 0.4) is 0 Å². The van der Waals surface area contributed by atoms with Gasteiger partial charge in [-0.2, -0.15) is 0 Å². The number of para-hydroxylation sites is 1. The Kier molecular flexibility index (Phi) is 4.84. The van der Waals surface area contributed by atoms with Crippen LogP contribution in [-0.4, -0.2) is 61.6 Å². The molecule has 1 N–H and O–H groups in total. The molecule has 0 aliphatic carbocycles. The summed E-state index contributed by atoms with van der Waals surface area (Å²) in [7, 11) is -3.04. The smallest absolute Gasteiger partial charge is 0.255 e. The molecule has 2 rings (SSSR count). The topological polar surface area (TPSA) is 83.9 Å². The number of amides is 1. The van der Waals surface area contributed by atoms with E-state index < -0.39 is 21.8 Å². The maximum absolute atomic E-state index is 12.0. The first-order chi connectivity index (χ1) is 9.89. The number of benzene rings is 1. The predicted octanol–water partition coefficient (Wildman–Crippen LogP) is -0.00828. The first-order valence-corrected chi connectivity index (χ1v) is 8.57. The van der Waals surface area contributed by atoms with Gasteiger partial charge in [0, 0.05) is 13.1 Å². The van der Waals surface area contributed by atoms with Crippen LogP contribution >= 0.6 is 0 Å². The first-order valence-electron chi connectivity index (χ1n) is 6.75. The van der Waals surface area contributed by atoms with E-state index in [-0.39, 0.29) is 31.2 Å². The second-order valence-corrected chi connectivity index (χ2v) is 7.37. The second kappa shape index (κ2) is 6.44. The molecule has 1 fully saturated rings. The summed E-state index contributed by atoms with van der Waals surface area (Å²) in [6.45, 7) is 1.98. The van der Waals surface area contributed by atoms with Gasteiger partial charge < -0.3 is 14.7 Å². The van der Waals surface area contributed by atoms with Gasteiger partial charge in [0.2, 0.25) is 0 Å². The molecule has 1 amide bonds. The molecule has 0 radical (unpaired) electrons. The quantitative estimate of drug-likeness (QED) is 0.845. The average Bonchev–Trinajstić information content (AvgIpc) is 2.45. The van der Waals surface area contributed by atoms with Crippen molar-refractivity contribution in [1.29, 1.82) is 0 Å². The van der Waals surface area contributed by atoms with E-state index in [0.717, 1.165) is 5.56 Å². The van der Waals surface area contributed by atoms with E-state index in [2.05, 4.69) is 0 Å². The number of hydrogen-bond donors (Lipinski definition) is 1. The van der Waals surface area contributed by atoms with Crippen molar-refractivity contribution in [3.8, 4) is 5.75 Å². The Bertz CT molecular complexity index is 600. The summed E-state index contributed by atoms with van der Waals surface area (Å²) in [5.41, 5.74) is 0.918. The van der Waals surface area contributed by atoms with Crippen molar-refractivity contribution in [3.63, 3.8) is 0 Å². The maximum Gasteiger partial charge on any atom is 0.255 e. The summed E-state index contributed by atoms with van der Waals surface area (Å²) in [5, 5.41) is 9.89. The molecule has 1 heterocycles. The molecule has 7 heteroatoms. The number of carbonyl (C=O) groups excluding carboxylic acids is 1. The van der Waals surface area contributed by atoms with Crippen LogP contribution in [0.25, 0.3) is 0 Å². The number of sulfone groups is 1. The van der Waals surface area contributed by atoms with E-state index in [1.165, 1.54) is 4.90 Å². The van der Waals surface area contributed by atoms with Crippen molar-refractivity contribution in [3.05, 3.63) is 29.8 Å². The van der Waals surface area contributed by atoms with Gasteiger partial charge in [-0.25, -0.2) is 8.42 Å². The van der Waals surface area contributed by atoms with Gasteiger partial charge >= 0.3 is 0 Å². The lowest BCUT2D eigenvalue weighted by Gasteiger charge is -2.28. The molecule has 0 bridgehead atoms. The summed E-state index contributed by atoms with van der Waals surface area (Å²) in [4.78, 5) is 13.4. The van der Waals surface area contributed by atoms with Gasteiger partial charge in [0.1, 0.15) is 12.4 Å². The fourth-order valence-corrected chi connectivity index (χ4v) is 3.30. The van der Waals surface area contributed by atoms with E-state index >= 15 is 0 Å². The maximum atomic E-state index is 12.0. The molecule has 1 aliphatic heterocycles. The van der Waals surface area contributed by atoms with Crippen LogP contribution in [0.15, 0.2) is 24.3 Å². The zero-order chi connectivity index (χ0) is 15.5. The Morgan fingerprint density at radius 3 is 2.57 bits per heavy atom. The minimum absolute atomic E-state index is 0.0515. The molecule has 0 aromatic heterocycles. The third-order valence-electron chi connectivity index (χ3n) is 3.43. The summed E-state index contributed by atoms with van der Waals surface area (Å²) < 4.78 is 28.1. The Hall–Kier alpha value is -1.60. The Balaban J connectivity index is 1.87. The Labute approximate surface area is 124 Å². The summed E-state index contributed by atoms with van der Waals surface area (Å²) in [6, 6.07) is 7.32. The van der Waals surface area contributed by atoms with Gasteiger partial charge in [-0.3, -0.25) is 4.79 Å². The number of nitrogens with zero attached hydrogens (tertiary/aromatic N) is 1. The molecule has 6 nitrogen and oxygen atoms in total. The fourth-order valence-electron chi connectivity index (χ4n) is 2.10. The summed E-state index contributed by atoms with van der Waals surface area (Å²) in [6.07, 6.45) is -1.29. The van der Waals surface area contributed by atoms with Gasteiger partial charge in [0.05, 0.1) is 11.5 Å². The number of aryl methyl sites for hydroxylation is 1. The van der Waals surface area contributed by atoms with Gasteiger partial charge in [-0.15, -0.1) is 0 Å². The lowest BCUT2D eigenvalue weighted by molar-refractivity contribution is -0.141. The average molecular weight is 313 g/mol. The second-order valence-electron chi connectivity index (χ2n) is 5.07. The SMILES string of the molecule is Cc1ccccc1OC[C@H](O)C(=O)N1CCS(=O)(=O)CC1. The number of ether oxygens (including phenoxy) is 1. The molecular formula is C14H19NO5S. The molecule has 0 spiro atoms. The fraction of sp³-hybridized carbons (Fsp3) is 0.500. The molecule has 21 heavy (non-hydrogen) atoms. The van der Waals surface area contributed by atoms with Crippen molar-refractivity contribution in [1.82, 2.24) is 4.90 Å². The van der Waals surface area contributed by atoms with E-state index in [1.807, 2.05) is 25.1 Å². The van der Waals surface area contributed by atoms with Crippen LogP contribution < -0.4 is 4.74 Å². The molecule has 1 aromatic rings. The molecule has 0 unspecified atom stereocenters. The lowest BCUT2D eigenvalue weighted by atomic mass is 10.2. The molecule has 116 valence electrons. The predicted molar refractivity (Wildman–Crippen MR) is 77.9 cm³/mol. The highest BCUT2D eigenvalue weighted by atomic mass is 32.2. The van der Waals surface area contributed by atoms with Gasteiger partial charge in [0.25, 0.3) is 5.91 Å². The van der Waals surface area contributed by atoms with Crippen LogP contribution in [0.1, 0.15) is 5.56 Å². The monoisotopic (exact) mass is 313 g/mol. The van der Waals surface area contributed by atoms with Crippen LogP contribution in [0.2, 0.25) is 0 Å². The third kappa shape index (κ3) is 4.18. The molecule has 0 saturated carbocycles. The number of aliphatic hydroxyl groups is 1. The minimum atomic E-state index is -3.04. The van der Waals surface area contributed by atoms with Crippen molar-refractivity contribution in [2.24, 2.45) is 0 Å². The van der Waals surface area contributed by atoms with Crippen LogP contribution in [0.5, 0.6) is 5.75 Å². The third-order valence-corrected chi connectivity index (χ3v) is 5.04. The number of hydrogen-bond acceptors (Lipinski definition) is 5. The Morgan fingerprint density at radius 1 is 1.33 bits per heavy atom. The number of carbonyl (C=O) groups is 1. The summed E-state index contributed by atoms with van der Waals surface area (Å²) >= 11 is 0. The molecule has 1 atom stereocenters. The van der Waals surface area contributed by atoms with E-state index in [9.17, 15) is 18.3 Å². The molecule has 1 aliphatic rings. The molecule has 1 aromatic carbocycles. The lowest BCUT2D eigenvalue weighted by Crippen LogP contribution is -2.49. The normalized spacial score (nSPS) is 19.0. The highest BCUT2D eigenvalue weighted by molar-refractivity contribution is 7.91. The molecule has 1 saturated heterocycles. The minimum Gasteiger partial charge on any atom is -0.490 e. The van der Waals surface area contributed by atoms with E-state index in [1.54, 1.807) is 6.07 Å².